The SMILES string of the molecule is CCN(CC)c1ccc(Nc2nccc(NCCc3ccccc3F)n2)cc1. The van der Waals surface area contributed by atoms with Gasteiger partial charge >= 0.3 is 0 Å². The molecule has 0 radical (unpaired) electrons. The Morgan fingerprint density at radius 2 is 1.71 bits per heavy atom. The van der Waals surface area contributed by atoms with Gasteiger partial charge in [0.1, 0.15) is 11.6 Å². The third-order valence-corrected chi connectivity index (χ3v) is 4.57. The first-order chi connectivity index (χ1) is 13.7. The maximum absolute atomic E-state index is 13.7. The van der Waals surface area contributed by atoms with Crippen molar-refractivity contribution < 1.29 is 4.39 Å². The minimum atomic E-state index is -0.178. The summed E-state index contributed by atoms with van der Waals surface area (Å²) >= 11 is 0. The van der Waals surface area contributed by atoms with Crippen molar-refractivity contribution in [1.82, 2.24) is 9.97 Å². The van der Waals surface area contributed by atoms with E-state index in [1.807, 2.05) is 18.2 Å². The molecule has 0 fully saturated rings. The summed E-state index contributed by atoms with van der Waals surface area (Å²) in [7, 11) is 0. The number of halogens is 1. The van der Waals surface area contributed by atoms with E-state index in [4.69, 9.17) is 0 Å². The van der Waals surface area contributed by atoms with Crippen molar-refractivity contribution in [3.05, 3.63) is 72.2 Å². The van der Waals surface area contributed by atoms with Gasteiger partial charge in [-0.05, 0) is 62.2 Å². The maximum atomic E-state index is 13.7. The van der Waals surface area contributed by atoms with Crippen molar-refractivity contribution in [2.45, 2.75) is 20.3 Å². The number of anilines is 4. The molecule has 0 aliphatic rings. The predicted octanol–water partition coefficient (Wildman–Crippen LogP) is 4.86. The minimum Gasteiger partial charge on any atom is -0.372 e. The fraction of sp³-hybridized carbons (Fsp3) is 0.273. The van der Waals surface area contributed by atoms with E-state index >= 15 is 0 Å². The number of nitrogens with zero attached hydrogens (tertiary/aromatic N) is 3. The van der Waals surface area contributed by atoms with Gasteiger partial charge in [-0.3, -0.25) is 0 Å². The molecule has 2 N–H and O–H groups in total. The summed E-state index contributed by atoms with van der Waals surface area (Å²) in [6.07, 6.45) is 2.29. The zero-order valence-electron chi connectivity index (χ0n) is 16.3. The number of rotatable bonds is 9. The maximum Gasteiger partial charge on any atom is 0.229 e. The molecule has 6 heteroatoms. The molecule has 0 unspecified atom stereocenters. The van der Waals surface area contributed by atoms with Crippen LogP contribution in [0, 0.1) is 5.82 Å². The highest BCUT2D eigenvalue weighted by molar-refractivity contribution is 5.60. The summed E-state index contributed by atoms with van der Waals surface area (Å²) in [6.45, 7) is 6.85. The van der Waals surface area contributed by atoms with E-state index in [-0.39, 0.29) is 5.82 Å². The van der Waals surface area contributed by atoms with Crippen molar-refractivity contribution in [2.75, 3.05) is 35.2 Å². The highest BCUT2D eigenvalue weighted by atomic mass is 19.1. The first-order valence-electron chi connectivity index (χ1n) is 9.62. The van der Waals surface area contributed by atoms with Crippen LogP contribution in [0.5, 0.6) is 0 Å². The van der Waals surface area contributed by atoms with E-state index in [2.05, 4.69) is 51.5 Å². The van der Waals surface area contributed by atoms with E-state index in [9.17, 15) is 4.39 Å². The summed E-state index contributed by atoms with van der Waals surface area (Å²) in [5.74, 6) is 1.04. The highest BCUT2D eigenvalue weighted by Crippen LogP contribution is 2.20. The molecule has 146 valence electrons. The molecule has 3 aromatic rings. The lowest BCUT2D eigenvalue weighted by atomic mass is 10.1. The normalized spacial score (nSPS) is 10.5. The topological polar surface area (TPSA) is 53.1 Å². The molecule has 0 saturated carbocycles. The fourth-order valence-corrected chi connectivity index (χ4v) is 3.02. The molecule has 0 amide bonds. The Morgan fingerprint density at radius 3 is 2.43 bits per heavy atom. The van der Waals surface area contributed by atoms with Gasteiger partial charge in [0.2, 0.25) is 5.95 Å². The molecular formula is C22H26FN5. The van der Waals surface area contributed by atoms with Gasteiger partial charge in [-0.25, -0.2) is 9.37 Å². The number of hydrogen-bond acceptors (Lipinski definition) is 5. The molecule has 0 aliphatic heterocycles. The Labute approximate surface area is 165 Å². The Morgan fingerprint density at radius 1 is 0.964 bits per heavy atom. The summed E-state index contributed by atoms with van der Waals surface area (Å²) in [5, 5.41) is 6.44. The van der Waals surface area contributed by atoms with Gasteiger partial charge in [-0.2, -0.15) is 4.98 Å². The third kappa shape index (κ3) is 5.19. The minimum absolute atomic E-state index is 0.178. The molecule has 2 aromatic carbocycles. The van der Waals surface area contributed by atoms with E-state index in [0.717, 1.165) is 18.8 Å². The second-order valence-corrected chi connectivity index (χ2v) is 6.38. The number of nitrogens with one attached hydrogen (secondary N) is 2. The van der Waals surface area contributed by atoms with Crippen molar-refractivity contribution in [2.24, 2.45) is 0 Å². The molecule has 0 bridgehead atoms. The Balaban J connectivity index is 1.58. The molecule has 0 atom stereocenters. The quantitative estimate of drug-likeness (QED) is 0.556. The van der Waals surface area contributed by atoms with Crippen LogP contribution in [0.15, 0.2) is 60.8 Å². The molecule has 28 heavy (non-hydrogen) atoms. The first-order valence-corrected chi connectivity index (χ1v) is 9.62. The number of benzene rings is 2. The van der Waals surface area contributed by atoms with Gasteiger partial charge in [-0.15, -0.1) is 0 Å². The zero-order valence-corrected chi connectivity index (χ0v) is 16.3. The lowest BCUT2D eigenvalue weighted by Crippen LogP contribution is -2.21. The first kappa shape index (κ1) is 19.6. The monoisotopic (exact) mass is 379 g/mol. The Hall–Kier alpha value is -3.15. The second kappa shape index (κ2) is 9.69. The van der Waals surface area contributed by atoms with Crippen LogP contribution in [0.25, 0.3) is 0 Å². The van der Waals surface area contributed by atoms with Gasteiger partial charge in [-0.1, -0.05) is 18.2 Å². The molecular weight excluding hydrogens is 353 g/mol. The second-order valence-electron chi connectivity index (χ2n) is 6.38. The van der Waals surface area contributed by atoms with Crippen molar-refractivity contribution >= 4 is 23.1 Å². The van der Waals surface area contributed by atoms with Crippen molar-refractivity contribution in [3.8, 4) is 0 Å². The van der Waals surface area contributed by atoms with Gasteiger partial charge in [0.15, 0.2) is 0 Å². The zero-order chi connectivity index (χ0) is 19.8. The van der Waals surface area contributed by atoms with Crippen LogP contribution in [0.4, 0.5) is 27.5 Å². The van der Waals surface area contributed by atoms with Gasteiger partial charge < -0.3 is 15.5 Å². The Bertz CT molecular complexity index is 878. The smallest absolute Gasteiger partial charge is 0.229 e. The summed E-state index contributed by atoms with van der Waals surface area (Å²) in [5.41, 5.74) is 2.81. The van der Waals surface area contributed by atoms with Gasteiger partial charge in [0, 0.05) is 37.2 Å². The van der Waals surface area contributed by atoms with Crippen LogP contribution in [0.1, 0.15) is 19.4 Å². The lowest BCUT2D eigenvalue weighted by molar-refractivity contribution is 0.610. The van der Waals surface area contributed by atoms with Crippen molar-refractivity contribution in [3.63, 3.8) is 0 Å². The predicted molar refractivity (Wildman–Crippen MR) is 114 cm³/mol. The average Bonchev–Trinajstić information content (AvgIpc) is 2.72. The van der Waals surface area contributed by atoms with Gasteiger partial charge in [0.25, 0.3) is 0 Å². The van der Waals surface area contributed by atoms with Crippen LogP contribution in [-0.2, 0) is 6.42 Å². The molecule has 3 rings (SSSR count). The third-order valence-electron chi connectivity index (χ3n) is 4.57. The summed E-state index contributed by atoms with van der Waals surface area (Å²) in [4.78, 5) is 11.0. The average molecular weight is 379 g/mol. The van der Waals surface area contributed by atoms with Crippen LogP contribution >= 0.6 is 0 Å². The van der Waals surface area contributed by atoms with E-state index in [0.29, 0.717) is 30.3 Å². The highest BCUT2D eigenvalue weighted by Gasteiger charge is 2.04. The van der Waals surface area contributed by atoms with Crippen LogP contribution in [0.3, 0.4) is 0 Å². The molecule has 0 saturated heterocycles. The standard InChI is InChI=1S/C22H26FN5/c1-3-28(4-2)19-11-9-18(10-12-19)26-22-25-16-14-21(27-22)24-15-13-17-7-5-6-8-20(17)23/h5-12,14,16H,3-4,13,15H2,1-2H3,(H2,24,25,26,27). The Kier molecular flexibility index (Phi) is 6.78. The van der Waals surface area contributed by atoms with Crippen LogP contribution in [0.2, 0.25) is 0 Å². The molecule has 0 spiro atoms. The van der Waals surface area contributed by atoms with E-state index < -0.39 is 0 Å². The molecule has 0 aliphatic carbocycles. The van der Waals surface area contributed by atoms with E-state index in [1.54, 1.807) is 24.4 Å². The molecule has 1 aromatic heterocycles. The number of aromatic nitrogens is 2. The fourth-order valence-electron chi connectivity index (χ4n) is 3.02. The molecule has 5 nitrogen and oxygen atoms in total. The van der Waals surface area contributed by atoms with Crippen LogP contribution < -0.4 is 15.5 Å². The van der Waals surface area contributed by atoms with Crippen molar-refractivity contribution in [1.29, 1.82) is 0 Å². The summed E-state index contributed by atoms with van der Waals surface area (Å²) < 4.78 is 13.7. The van der Waals surface area contributed by atoms with E-state index in [1.165, 1.54) is 11.8 Å². The lowest BCUT2D eigenvalue weighted by Gasteiger charge is -2.21. The van der Waals surface area contributed by atoms with Crippen LogP contribution in [-0.4, -0.2) is 29.6 Å². The van der Waals surface area contributed by atoms with Gasteiger partial charge in [0.05, 0.1) is 0 Å². The summed E-state index contributed by atoms with van der Waals surface area (Å²) in [6, 6.07) is 16.8. The largest absolute Gasteiger partial charge is 0.372 e. The molecule has 1 heterocycles. The number of hydrogen-bond donors (Lipinski definition) is 2.